The number of benzene rings is 1. The molecule has 1 heterocycles. The second-order valence-corrected chi connectivity index (χ2v) is 5.52. The molecule has 1 fully saturated rings. The first-order valence-electron chi connectivity index (χ1n) is 7.14. The first-order chi connectivity index (χ1) is 9.65. The van der Waals surface area contributed by atoms with Crippen LogP contribution in [0.3, 0.4) is 0 Å². The van der Waals surface area contributed by atoms with E-state index in [1.165, 1.54) is 12.8 Å². The average molecular weight is 271 g/mol. The zero-order valence-corrected chi connectivity index (χ0v) is 12.3. The molecule has 20 heavy (non-hydrogen) atoms. The van der Waals surface area contributed by atoms with E-state index in [1.54, 1.807) is 0 Å². The lowest BCUT2D eigenvalue weighted by molar-refractivity contribution is 0.421. The number of rotatable bonds is 5. The molecule has 0 amide bonds. The van der Waals surface area contributed by atoms with Crippen molar-refractivity contribution >= 4 is 0 Å². The van der Waals surface area contributed by atoms with Crippen molar-refractivity contribution in [2.75, 3.05) is 0 Å². The molecule has 2 aromatic rings. The summed E-state index contributed by atoms with van der Waals surface area (Å²) in [6.07, 6.45) is 2.57. The number of hydrogen-bond donors (Lipinski definition) is 1. The van der Waals surface area contributed by atoms with Crippen molar-refractivity contribution in [2.24, 2.45) is 7.05 Å². The van der Waals surface area contributed by atoms with E-state index in [9.17, 15) is 0 Å². The van der Waals surface area contributed by atoms with Gasteiger partial charge in [-0.3, -0.25) is 0 Å². The van der Waals surface area contributed by atoms with Gasteiger partial charge in [0.15, 0.2) is 0 Å². The van der Waals surface area contributed by atoms with E-state index in [4.69, 9.17) is 4.74 Å². The second-order valence-electron chi connectivity index (χ2n) is 5.52. The smallest absolute Gasteiger partial charge is 0.222 e. The van der Waals surface area contributed by atoms with Crippen LogP contribution in [0.2, 0.25) is 0 Å². The molecule has 106 valence electrons. The van der Waals surface area contributed by atoms with Gasteiger partial charge in [-0.15, -0.1) is 0 Å². The van der Waals surface area contributed by atoms with Crippen LogP contribution in [0.5, 0.6) is 11.6 Å². The minimum atomic E-state index is 0.681. The molecule has 4 nitrogen and oxygen atoms in total. The van der Waals surface area contributed by atoms with Gasteiger partial charge in [0.1, 0.15) is 5.75 Å². The van der Waals surface area contributed by atoms with E-state index in [0.29, 0.717) is 6.04 Å². The number of nitrogens with one attached hydrogen (secondary N) is 1. The molecule has 0 unspecified atom stereocenters. The van der Waals surface area contributed by atoms with Crippen LogP contribution in [-0.2, 0) is 13.6 Å². The molecule has 0 aliphatic heterocycles. The van der Waals surface area contributed by atoms with Gasteiger partial charge in [-0.2, -0.15) is 5.10 Å². The molecule has 0 radical (unpaired) electrons. The summed E-state index contributed by atoms with van der Waals surface area (Å²) in [5.41, 5.74) is 3.32. The topological polar surface area (TPSA) is 39.1 Å². The standard InChI is InChI=1S/C16H21N3O/c1-11-6-4-5-7-15(11)20-16-14(10-17-13-8-9-13)12(2)18-19(16)3/h4-7,13,17H,8-10H2,1-3H3. The summed E-state index contributed by atoms with van der Waals surface area (Å²) in [5.74, 6) is 1.73. The third-order valence-electron chi connectivity index (χ3n) is 3.73. The highest BCUT2D eigenvalue weighted by Gasteiger charge is 2.23. The summed E-state index contributed by atoms with van der Waals surface area (Å²) in [4.78, 5) is 0. The van der Waals surface area contributed by atoms with Crippen molar-refractivity contribution in [2.45, 2.75) is 39.3 Å². The normalized spacial score (nSPS) is 14.6. The van der Waals surface area contributed by atoms with Gasteiger partial charge in [0, 0.05) is 19.6 Å². The minimum Gasteiger partial charge on any atom is -0.439 e. The highest BCUT2D eigenvalue weighted by atomic mass is 16.5. The summed E-state index contributed by atoms with van der Waals surface area (Å²) < 4.78 is 7.93. The molecular formula is C16H21N3O. The maximum atomic E-state index is 6.11. The first kappa shape index (κ1) is 13.2. The molecule has 0 atom stereocenters. The molecule has 0 saturated heterocycles. The van der Waals surface area contributed by atoms with E-state index in [1.807, 2.05) is 36.9 Å². The number of hydrogen-bond acceptors (Lipinski definition) is 3. The molecular weight excluding hydrogens is 250 g/mol. The number of ether oxygens (including phenoxy) is 1. The zero-order chi connectivity index (χ0) is 14.1. The predicted molar refractivity (Wildman–Crippen MR) is 79.1 cm³/mol. The Bertz CT molecular complexity index is 614. The van der Waals surface area contributed by atoms with Crippen molar-refractivity contribution in [3.05, 3.63) is 41.1 Å². The van der Waals surface area contributed by atoms with E-state index in [2.05, 4.69) is 23.4 Å². The summed E-state index contributed by atoms with van der Waals surface area (Å²) in [5, 5.41) is 8.02. The number of nitrogens with zero attached hydrogens (tertiary/aromatic N) is 2. The van der Waals surface area contributed by atoms with Crippen LogP contribution in [0.15, 0.2) is 24.3 Å². The van der Waals surface area contributed by atoms with Gasteiger partial charge in [0.25, 0.3) is 0 Å². The summed E-state index contributed by atoms with van der Waals surface area (Å²) in [7, 11) is 1.93. The van der Waals surface area contributed by atoms with Crippen molar-refractivity contribution in [3.63, 3.8) is 0 Å². The number of aryl methyl sites for hydroxylation is 3. The Morgan fingerprint density at radius 1 is 1.30 bits per heavy atom. The van der Waals surface area contributed by atoms with Crippen molar-refractivity contribution in [1.29, 1.82) is 0 Å². The Balaban J connectivity index is 1.85. The quantitative estimate of drug-likeness (QED) is 0.908. The molecule has 0 bridgehead atoms. The van der Waals surface area contributed by atoms with Crippen LogP contribution in [0, 0.1) is 13.8 Å². The van der Waals surface area contributed by atoms with Crippen LogP contribution in [0.4, 0.5) is 0 Å². The SMILES string of the molecule is Cc1ccccc1Oc1c(CNC2CC2)c(C)nn1C. The fraction of sp³-hybridized carbons (Fsp3) is 0.438. The Kier molecular flexibility index (Phi) is 3.49. The average Bonchev–Trinajstić information content (AvgIpc) is 3.19. The van der Waals surface area contributed by atoms with Gasteiger partial charge in [-0.25, -0.2) is 4.68 Å². The van der Waals surface area contributed by atoms with Crippen LogP contribution < -0.4 is 10.1 Å². The molecule has 1 aliphatic rings. The second kappa shape index (κ2) is 5.29. The summed E-state index contributed by atoms with van der Waals surface area (Å²) >= 11 is 0. The minimum absolute atomic E-state index is 0.681. The Labute approximate surface area is 119 Å². The van der Waals surface area contributed by atoms with Crippen LogP contribution in [0.1, 0.15) is 29.7 Å². The lowest BCUT2D eigenvalue weighted by Crippen LogP contribution is -2.16. The van der Waals surface area contributed by atoms with E-state index in [0.717, 1.165) is 35.0 Å². The molecule has 1 aromatic heterocycles. The molecule has 3 rings (SSSR count). The van der Waals surface area contributed by atoms with Gasteiger partial charge < -0.3 is 10.1 Å². The third-order valence-corrected chi connectivity index (χ3v) is 3.73. The van der Waals surface area contributed by atoms with Crippen LogP contribution in [-0.4, -0.2) is 15.8 Å². The molecule has 0 spiro atoms. The highest BCUT2D eigenvalue weighted by Crippen LogP contribution is 2.30. The molecule has 1 aliphatic carbocycles. The largest absolute Gasteiger partial charge is 0.439 e. The maximum Gasteiger partial charge on any atom is 0.222 e. The van der Waals surface area contributed by atoms with E-state index in [-0.39, 0.29) is 0 Å². The molecule has 1 aromatic carbocycles. The number of aromatic nitrogens is 2. The zero-order valence-electron chi connectivity index (χ0n) is 12.3. The molecule has 1 N–H and O–H groups in total. The van der Waals surface area contributed by atoms with Gasteiger partial charge >= 0.3 is 0 Å². The van der Waals surface area contributed by atoms with Gasteiger partial charge in [0.05, 0.1) is 11.3 Å². The Hall–Kier alpha value is -1.81. The molecule has 4 heteroatoms. The van der Waals surface area contributed by atoms with Gasteiger partial charge in [-0.05, 0) is 38.3 Å². The third kappa shape index (κ3) is 2.70. The lowest BCUT2D eigenvalue weighted by atomic mass is 10.2. The van der Waals surface area contributed by atoms with Crippen LogP contribution >= 0.6 is 0 Å². The maximum absolute atomic E-state index is 6.11. The van der Waals surface area contributed by atoms with Crippen LogP contribution in [0.25, 0.3) is 0 Å². The van der Waals surface area contributed by atoms with Gasteiger partial charge in [0.2, 0.25) is 5.88 Å². The predicted octanol–water partition coefficient (Wildman–Crippen LogP) is 3.08. The Morgan fingerprint density at radius 3 is 2.75 bits per heavy atom. The van der Waals surface area contributed by atoms with Gasteiger partial charge in [-0.1, -0.05) is 18.2 Å². The monoisotopic (exact) mass is 271 g/mol. The van der Waals surface area contributed by atoms with Crippen molar-refractivity contribution < 1.29 is 4.74 Å². The summed E-state index contributed by atoms with van der Waals surface area (Å²) in [6, 6.07) is 8.75. The lowest BCUT2D eigenvalue weighted by Gasteiger charge is -2.11. The highest BCUT2D eigenvalue weighted by molar-refractivity contribution is 5.39. The Morgan fingerprint density at radius 2 is 2.05 bits per heavy atom. The summed E-state index contributed by atoms with van der Waals surface area (Å²) in [6.45, 7) is 4.92. The van der Waals surface area contributed by atoms with E-state index >= 15 is 0 Å². The molecule has 1 saturated carbocycles. The van der Waals surface area contributed by atoms with Crippen molar-refractivity contribution in [1.82, 2.24) is 15.1 Å². The van der Waals surface area contributed by atoms with E-state index < -0.39 is 0 Å². The fourth-order valence-corrected chi connectivity index (χ4v) is 2.32. The first-order valence-corrected chi connectivity index (χ1v) is 7.14. The van der Waals surface area contributed by atoms with Crippen molar-refractivity contribution in [3.8, 4) is 11.6 Å². The fourth-order valence-electron chi connectivity index (χ4n) is 2.32. The number of para-hydroxylation sites is 1.